The van der Waals surface area contributed by atoms with E-state index in [4.69, 9.17) is 0 Å². The first-order valence-corrected chi connectivity index (χ1v) is 6.11. The highest BCUT2D eigenvalue weighted by Crippen LogP contribution is 2.24. The molecule has 0 bridgehead atoms. The average molecular weight is 213 g/mol. The predicted octanol–water partition coefficient (Wildman–Crippen LogP) is 1.80. The van der Waals surface area contributed by atoms with E-state index < -0.39 is 0 Å². The summed E-state index contributed by atoms with van der Waals surface area (Å²) in [6.45, 7) is 5.19. The van der Waals surface area contributed by atoms with E-state index >= 15 is 0 Å². The highest BCUT2D eigenvalue weighted by Gasteiger charge is 2.33. The van der Waals surface area contributed by atoms with Crippen molar-refractivity contribution in [2.24, 2.45) is 5.92 Å². The Hall–Kier alpha value is -0.570. The third-order valence-corrected chi connectivity index (χ3v) is 3.38. The summed E-state index contributed by atoms with van der Waals surface area (Å²) in [4.78, 5) is 13.7. The lowest BCUT2D eigenvalue weighted by atomic mass is 10.0. The fourth-order valence-electron chi connectivity index (χ4n) is 2.27. The summed E-state index contributed by atoms with van der Waals surface area (Å²) in [6.07, 6.45) is 4.94. The molecule has 1 rings (SSSR count). The summed E-state index contributed by atoms with van der Waals surface area (Å²) in [6, 6.07) is 0.0686. The number of hydrogen-bond donors (Lipinski definition) is 1. The highest BCUT2D eigenvalue weighted by molar-refractivity contribution is 5.76. The maximum atomic E-state index is 11.8. The molecule has 3 heteroatoms. The summed E-state index contributed by atoms with van der Waals surface area (Å²) >= 11 is 0. The molecule has 3 nitrogen and oxygen atoms in total. The van der Waals surface area contributed by atoms with Crippen LogP contribution in [0.3, 0.4) is 0 Å². The van der Waals surface area contributed by atoms with Crippen LogP contribution >= 0.6 is 0 Å². The molecule has 0 aromatic rings. The van der Waals surface area contributed by atoms with Crippen LogP contribution in [0.5, 0.6) is 0 Å². The second-order valence-electron chi connectivity index (χ2n) is 4.56. The van der Waals surface area contributed by atoms with Gasteiger partial charge < -0.3 is 10.0 Å². The van der Waals surface area contributed by atoms with Gasteiger partial charge in [0.05, 0.1) is 12.6 Å². The fraction of sp³-hybridized carbons (Fsp3) is 0.917. The van der Waals surface area contributed by atoms with Crippen molar-refractivity contribution in [2.75, 3.05) is 13.2 Å². The van der Waals surface area contributed by atoms with Crippen molar-refractivity contribution in [3.8, 4) is 0 Å². The zero-order valence-corrected chi connectivity index (χ0v) is 9.91. The second-order valence-corrected chi connectivity index (χ2v) is 4.56. The van der Waals surface area contributed by atoms with Gasteiger partial charge in [0.25, 0.3) is 0 Å². The third kappa shape index (κ3) is 3.20. The molecule has 1 aliphatic rings. The van der Waals surface area contributed by atoms with Crippen LogP contribution < -0.4 is 0 Å². The van der Waals surface area contributed by atoms with Gasteiger partial charge in [0.15, 0.2) is 0 Å². The van der Waals surface area contributed by atoms with Gasteiger partial charge in [-0.25, -0.2) is 0 Å². The minimum absolute atomic E-state index is 0.0686. The van der Waals surface area contributed by atoms with Crippen LogP contribution in [0, 0.1) is 5.92 Å². The van der Waals surface area contributed by atoms with Crippen molar-refractivity contribution in [2.45, 2.75) is 52.0 Å². The maximum Gasteiger partial charge on any atom is 0.222 e. The molecule has 1 amide bonds. The van der Waals surface area contributed by atoms with Gasteiger partial charge in [-0.2, -0.15) is 0 Å². The molecule has 1 fully saturated rings. The number of hydrogen-bond acceptors (Lipinski definition) is 2. The lowest BCUT2D eigenvalue weighted by Crippen LogP contribution is -2.39. The molecule has 1 N–H and O–H groups in total. The highest BCUT2D eigenvalue weighted by atomic mass is 16.3. The van der Waals surface area contributed by atoms with Crippen molar-refractivity contribution in [1.29, 1.82) is 0 Å². The first-order chi connectivity index (χ1) is 7.20. The molecule has 0 saturated carbocycles. The van der Waals surface area contributed by atoms with Gasteiger partial charge >= 0.3 is 0 Å². The number of aliphatic hydroxyl groups is 1. The number of carbonyl (C=O) groups excluding carboxylic acids is 1. The topological polar surface area (TPSA) is 40.5 Å². The first-order valence-electron chi connectivity index (χ1n) is 6.11. The number of nitrogens with zero attached hydrogens (tertiary/aromatic N) is 1. The Bertz CT molecular complexity index is 206. The van der Waals surface area contributed by atoms with Crippen molar-refractivity contribution < 1.29 is 9.90 Å². The molecule has 15 heavy (non-hydrogen) atoms. The summed E-state index contributed by atoms with van der Waals surface area (Å²) in [5.74, 6) is 0.678. The largest absolute Gasteiger partial charge is 0.394 e. The predicted molar refractivity (Wildman–Crippen MR) is 60.5 cm³/mol. The number of carbonyl (C=O) groups is 1. The van der Waals surface area contributed by atoms with Crippen molar-refractivity contribution >= 4 is 5.91 Å². The van der Waals surface area contributed by atoms with E-state index in [1.807, 2.05) is 4.90 Å². The minimum Gasteiger partial charge on any atom is -0.394 e. The monoisotopic (exact) mass is 213 g/mol. The van der Waals surface area contributed by atoms with Crippen LogP contribution in [0.4, 0.5) is 0 Å². The van der Waals surface area contributed by atoms with Gasteiger partial charge in [-0.15, -0.1) is 0 Å². The zero-order chi connectivity index (χ0) is 11.3. The van der Waals surface area contributed by atoms with E-state index in [0.29, 0.717) is 12.3 Å². The number of amides is 1. The second kappa shape index (κ2) is 6.11. The molecular formula is C12H23NO2. The molecule has 2 atom stereocenters. The maximum absolute atomic E-state index is 11.8. The molecule has 1 saturated heterocycles. The Morgan fingerprint density at radius 1 is 1.47 bits per heavy atom. The first kappa shape index (κ1) is 12.5. The smallest absolute Gasteiger partial charge is 0.222 e. The van der Waals surface area contributed by atoms with Gasteiger partial charge in [0, 0.05) is 13.0 Å². The summed E-state index contributed by atoms with van der Waals surface area (Å²) in [5.41, 5.74) is 0. The van der Waals surface area contributed by atoms with E-state index in [1.54, 1.807) is 0 Å². The Morgan fingerprint density at radius 3 is 2.80 bits per heavy atom. The number of aliphatic hydroxyl groups excluding tert-OH is 1. The van der Waals surface area contributed by atoms with E-state index in [0.717, 1.165) is 32.2 Å². The van der Waals surface area contributed by atoms with Gasteiger partial charge in [-0.05, 0) is 18.8 Å². The molecule has 0 aromatic heterocycles. The molecule has 0 aromatic carbocycles. The average Bonchev–Trinajstić information content (AvgIpc) is 2.59. The van der Waals surface area contributed by atoms with E-state index in [2.05, 4.69) is 13.8 Å². The van der Waals surface area contributed by atoms with Crippen LogP contribution in [-0.4, -0.2) is 35.1 Å². The van der Waals surface area contributed by atoms with Gasteiger partial charge in [0.1, 0.15) is 0 Å². The van der Waals surface area contributed by atoms with Crippen molar-refractivity contribution in [3.05, 3.63) is 0 Å². The van der Waals surface area contributed by atoms with Crippen molar-refractivity contribution in [3.63, 3.8) is 0 Å². The molecule has 0 radical (unpaired) electrons. The number of likely N-dealkylation sites (tertiary alicyclic amines) is 1. The lowest BCUT2D eigenvalue weighted by Gasteiger charge is -2.25. The fourth-order valence-corrected chi connectivity index (χ4v) is 2.27. The van der Waals surface area contributed by atoms with E-state index in [9.17, 15) is 9.90 Å². The van der Waals surface area contributed by atoms with Crippen LogP contribution in [0.25, 0.3) is 0 Å². The Labute approximate surface area is 92.5 Å². The molecule has 2 unspecified atom stereocenters. The zero-order valence-electron chi connectivity index (χ0n) is 9.91. The molecule has 1 aliphatic heterocycles. The van der Waals surface area contributed by atoms with Crippen LogP contribution in [-0.2, 0) is 4.79 Å². The van der Waals surface area contributed by atoms with Crippen molar-refractivity contribution in [1.82, 2.24) is 4.90 Å². The van der Waals surface area contributed by atoms with E-state index in [1.165, 1.54) is 0 Å². The van der Waals surface area contributed by atoms with E-state index in [-0.39, 0.29) is 18.6 Å². The lowest BCUT2D eigenvalue weighted by molar-refractivity contribution is -0.133. The van der Waals surface area contributed by atoms with Crippen LogP contribution in [0.1, 0.15) is 46.0 Å². The number of unbranched alkanes of at least 4 members (excludes halogenated alkanes) is 2. The molecule has 88 valence electrons. The third-order valence-electron chi connectivity index (χ3n) is 3.38. The van der Waals surface area contributed by atoms with Gasteiger partial charge in [-0.1, -0.05) is 26.7 Å². The Balaban J connectivity index is 2.38. The molecule has 0 aliphatic carbocycles. The van der Waals surface area contributed by atoms with Crippen LogP contribution in [0.15, 0.2) is 0 Å². The molecule has 0 spiro atoms. The summed E-state index contributed by atoms with van der Waals surface area (Å²) in [7, 11) is 0. The minimum atomic E-state index is 0.0686. The SMILES string of the molecule is CCCCCC(=O)N1CCC(C)C1CO. The molecule has 1 heterocycles. The summed E-state index contributed by atoms with van der Waals surface area (Å²) < 4.78 is 0. The Morgan fingerprint density at radius 2 is 2.20 bits per heavy atom. The quantitative estimate of drug-likeness (QED) is 0.707. The normalized spacial score (nSPS) is 25.9. The molecular weight excluding hydrogens is 190 g/mol. The number of rotatable bonds is 5. The standard InChI is InChI=1S/C12H23NO2/c1-3-4-5-6-12(15)13-8-7-10(2)11(13)9-14/h10-11,14H,3-9H2,1-2H3. The van der Waals surface area contributed by atoms with Crippen LogP contribution in [0.2, 0.25) is 0 Å². The summed E-state index contributed by atoms with van der Waals surface area (Å²) in [5, 5.41) is 9.23. The van der Waals surface area contributed by atoms with Gasteiger partial charge in [0.2, 0.25) is 5.91 Å². The van der Waals surface area contributed by atoms with Gasteiger partial charge in [-0.3, -0.25) is 4.79 Å². The Kier molecular flexibility index (Phi) is 5.09.